The molecule has 0 bridgehead atoms. The van der Waals surface area contributed by atoms with Crippen molar-refractivity contribution >= 4 is 45.8 Å². The van der Waals surface area contributed by atoms with Crippen molar-refractivity contribution in [2.24, 2.45) is 10.2 Å². The molecule has 9 nitrogen and oxygen atoms in total. The van der Waals surface area contributed by atoms with Gasteiger partial charge >= 0.3 is 0 Å². The van der Waals surface area contributed by atoms with Crippen molar-refractivity contribution in [3.05, 3.63) is 114 Å². The van der Waals surface area contributed by atoms with Gasteiger partial charge in [0.15, 0.2) is 0 Å². The number of pyridine rings is 1. The number of rotatable bonds is 6. The van der Waals surface area contributed by atoms with Gasteiger partial charge in [-0.3, -0.25) is 9.59 Å². The number of carbonyl (C=O) groups is 2. The van der Waals surface area contributed by atoms with Gasteiger partial charge in [0.2, 0.25) is 0 Å². The number of nitrogens with zero attached hydrogens (tertiary/aromatic N) is 3. The fourth-order valence-corrected chi connectivity index (χ4v) is 3.89. The number of hydrazone groups is 2. The van der Waals surface area contributed by atoms with Crippen LogP contribution < -0.4 is 10.9 Å². The molecule has 5 aromatic rings. The number of hydrogen-bond donors (Lipinski definition) is 4. The maximum absolute atomic E-state index is 12.6. The fraction of sp³-hybridized carbons (Fsp3) is 0. The largest absolute Gasteiger partial charge is 0.507 e. The lowest BCUT2D eigenvalue weighted by Gasteiger charge is -2.05. The van der Waals surface area contributed by atoms with Crippen LogP contribution in [0.3, 0.4) is 0 Å². The van der Waals surface area contributed by atoms with Crippen molar-refractivity contribution in [1.82, 2.24) is 15.8 Å². The Bertz CT molecular complexity index is 1750. The smallest absolute Gasteiger partial charge is 0.289 e. The van der Waals surface area contributed by atoms with Crippen LogP contribution in [0.4, 0.5) is 0 Å². The van der Waals surface area contributed by atoms with E-state index in [2.05, 4.69) is 26.0 Å². The third-order valence-electron chi connectivity index (χ3n) is 5.79. The zero-order valence-corrected chi connectivity index (χ0v) is 19.9. The molecular formula is C29H21N5O4. The average molecular weight is 504 g/mol. The molecule has 5 rings (SSSR count). The van der Waals surface area contributed by atoms with Crippen molar-refractivity contribution in [2.75, 3.05) is 0 Å². The number of nitrogens with one attached hydrogen (secondary N) is 2. The first-order chi connectivity index (χ1) is 18.5. The molecule has 1 aromatic heterocycles. The van der Waals surface area contributed by atoms with Crippen molar-refractivity contribution in [1.29, 1.82) is 0 Å². The second-order valence-corrected chi connectivity index (χ2v) is 8.28. The molecule has 0 aliphatic rings. The van der Waals surface area contributed by atoms with Crippen LogP contribution >= 0.6 is 0 Å². The summed E-state index contributed by atoms with van der Waals surface area (Å²) in [6.07, 6.45) is 2.68. The van der Waals surface area contributed by atoms with Crippen LogP contribution in [0.1, 0.15) is 32.1 Å². The van der Waals surface area contributed by atoms with E-state index in [1.54, 1.807) is 24.3 Å². The van der Waals surface area contributed by atoms with Gasteiger partial charge in [-0.15, -0.1) is 0 Å². The molecule has 0 saturated heterocycles. The highest BCUT2D eigenvalue weighted by atomic mass is 16.3. The molecule has 38 heavy (non-hydrogen) atoms. The minimum absolute atomic E-state index is 0.0240. The Hall–Kier alpha value is -5.57. The van der Waals surface area contributed by atoms with Gasteiger partial charge in [-0.1, -0.05) is 60.7 Å². The molecule has 9 heteroatoms. The van der Waals surface area contributed by atoms with E-state index in [1.807, 2.05) is 48.5 Å². The van der Waals surface area contributed by atoms with E-state index < -0.39 is 11.8 Å². The summed E-state index contributed by atoms with van der Waals surface area (Å²) in [6.45, 7) is 0. The van der Waals surface area contributed by atoms with Crippen LogP contribution in [0.5, 0.6) is 11.5 Å². The molecule has 0 fully saturated rings. The van der Waals surface area contributed by atoms with Crippen LogP contribution in [0.15, 0.2) is 101 Å². The second kappa shape index (κ2) is 10.6. The Kier molecular flexibility index (Phi) is 6.73. The number of phenolic OH excluding ortho intramolecular Hbond substituents is 2. The number of fused-ring (bicyclic) bond motifs is 2. The molecule has 0 unspecified atom stereocenters. The Labute approximate surface area is 216 Å². The first kappa shape index (κ1) is 24.1. The number of hydrogen-bond acceptors (Lipinski definition) is 7. The highest BCUT2D eigenvalue weighted by Gasteiger charge is 2.12. The van der Waals surface area contributed by atoms with Crippen LogP contribution in [-0.2, 0) is 0 Å². The SMILES string of the molecule is O=C(N/N=C/c1cc2ccccc2cc1O)c1cccc(C(=O)N/N=C/c2c(O)ccc3ccccc23)n1. The van der Waals surface area contributed by atoms with Gasteiger partial charge in [0.05, 0.1) is 12.4 Å². The predicted octanol–water partition coefficient (Wildman–Crippen LogP) is 4.33. The average Bonchev–Trinajstić information content (AvgIpc) is 2.94. The van der Waals surface area contributed by atoms with E-state index in [1.165, 1.54) is 30.6 Å². The quantitative estimate of drug-likeness (QED) is 0.202. The molecule has 4 N–H and O–H groups in total. The lowest BCUT2D eigenvalue weighted by Crippen LogP contribution is -2.23. The molecule has 0 saturated carbocycles. The maximum Gasteiger partial charge on any atom is 0.289 e. The molecule has 0 aliphatic heterocycles. The predicted molar refractivity (Wildman–Crippen MR) is 146 cm³/mol. The summed E-state index contributed by atoms with van der Waals surface area (Å²) in [5, 5.41) is 31.8. The molecule has 0 aliphatic carbocycles. The van der Waals surface area contributed by atoms with Crippen LogP contribution in [0.25, 0.3) is 21.5 Å². The molecule has 0 radical (unpaired) electrons. The van der Waals surface area contributed by atoms with E-state index in [0.29, 0.717) is 11.1 Å². The number of aromatic hydroxyl groups is 2. The lowest BCUT2D eigenvalue weighted by atomic mass is 10.0. The molecule has 1 heterocycles. The van der Waals surface area contributed by atoms with Gasteiger partial charge in [0, 0.05) is 11.1 Å². The first-order valence-corrected chi connectivity index (χ1v) is 11.6. The van der Waals surface area contributed by atoms with Crippen LogP contribution in [0.2, 0.25) is 0 Å². The van der Waals surface area contributed by atoms with Crippen molar-refractivity contribution in [2.45, 2.75) is 0 Å². The summed E-state index contributed by atoms with van der Waals surface area (Å²) in [4.78, 5) is 29.2. The maximum atomic E-state index is 12.6. The summed E-state index contributed by atoms with van der Waals surface area (Å²) < 4.78 is 0. The van der Waals surface area contributed by atoms with Crippen LogP contribution in [0, 0.1) is 0 Å². The summed E-state index contributed by atoms with van der Waals surface area (Å²) >= 11 is 0. The highest BCUT2D eigenvalue weighted by Crippen LogP contribution is 2.25. The van der Waals surface area contributed by atoms with Crippen LogP contribution in [-0.4, -0.2) is 39.4 Å². The summed E-state index contributed by atoms with van der Waals surface area (Å²) in [6, 6.07) is 26.1. The minimum Gasteiger partial charge on any atom is -0.507 e. The summed E-state index contributed by atoms with van der Waals surface area (Å²) in [7, 11) is 0. The zero-order chi connectivity index (χ0) is 26.5. The fourth-order valence-electron chi connectivity index (χ4n) is 3.89. The van der Waals surface area contributed by atoms with Gasteiger partial charge in [0.1, 0.15) is 22.9 Å². The zero-order valence-electron chi connectivity index (χ0n) is 19.9. The lowest BCUT2D eigenvalue weighted by molar-refractivity contribution is 0.0945. The molecule has 0 spiro atoms. The van der Waals surface area contributed by atoms with Gasteiger partial charge < -0.3 is 10.2 Å². The minimum atomic E-state index is -0.639. The molecule has 2 amide bonds. The topological polar surface area (TPSA) is 136 Å². The van der Waals surface area contributed by atoms with E-state index in [-0.39, 0.29) is 22.9 Å². The van der Waals surface area contributed by atoms with Gasteiger partial charge in [-0.05, 0) is 51.9 Å². The monoisotopic (exact) mass is 503 g/mol. The van der Waals surface area contributed by atoms with E-state index >= 15 is 0 Å². The highest BCUT2D eigenvalue weighted by molar-refractivity contribution is 6.03. The van der Waals surface area contributed by atoms with Crippen molar-refractivity contribution < 1.29 is 19.8 Å². The molecule has 4 aromatic carbocycles. The Morgan fingerprint density at radius 3 is 1.97 bits per heavy atom. The van der Waals surface area contributed by atoms with E-state index in [9.17, 15) is 19.8 Å². The molecule has 186 valence electrons. The standard InChI is InChI=1S/C29H21N5O4/c35-26-13-12-18-6-3-4-9-22(18)23(26)17-31-34-29(38)25-11-5-10-24(32-25)28(37)33-30-16-21-14-19-7-1-2-8-20(19)15-27(21)36/h1-17,35-36H,(H,33,37)(H,34,38)/b30-16+,31-17+. The number of aromatic nitrogens is 1. The summed E-state index contributed by atoms with van der Waals surface area (Å²) in [5.74, 6) is -1.23. The van der Waals surface area contributed by atoms with Gasteiger partial charge in [-0.25, -0.2) is 15.8 Å². The molecular weight excluding hydrogens is 482 g/mol. The van der Waals surface area contributed by atoms with Gasteiger partial charge in [-0.2, -0.15) is 10.2 Å². The Morgan fingerprint density at radius 2 is 1.26 bits per heavy atom. The number of amides is 2. The van der Waals surface area contributed by atoms with Crippen molar-refractivity contribution in [3.8, 4) is 11.5 Å². The Balaban J connectivity index is 1.25. The third kappa shape index (κ3) is 5.17. The molecule has 0 atom stereocenters. The number of phenols is 2. The third-order valence-corrected chi connectivity index (χ3v) is 5.79. The van der Waals surface area contributed by atoms with Gasteiger partial charge in [0.25, 0.3) is 11.8 Å². The van der Waals surface area contributed by atoms with E-state index in [0.717, 1.165) is 21.5 Å². The Morgan fingerprint density at radius 1 is 0.658 bits per heavy atom. The first-order valence-electron chi connectivity index (χ1n) is 11.6. The normalized spacial score (nSPS) is 11.4. The number of carbonyl (C=O) groups excluding carboxylic acids is 2. The second-order valence-electron chi connectivity index (χ2n) is 8.28. The van der Waals surface area contributed by atoms with E-state index in [4.69, 9.17) is 0 Å². The van der Waals surface area contributed by atoms with Crippen molar-refractivity contribution in [3.63, 3.8) is 0 Å². The summed E-state index contributed by atoms with van der Waals surface area (Å²) in [5.41, 5.74) is 5.52. The number of benzene rings is 4.